The first-order chi connectivity index (χ1) is 10.5. The highest BCUT2D eigenvalue weighted by Crippen LogP contribution is 2.15. The van der Waals surface area contributed by atoms with Gasteiger partial charge in [-0.15, -0.1) is 0 Å². The summed E-state index contributed by atoms with van der Waals surface area (Å²) in [6.07, 6.45) is 2.33. The van der Waals surface area contributed by atoms with Gasteiger partial charge in [-0.05, 0) is 42.5 Å². The monoisotopic (exact) mass is 378 g/mol. The highest BCUT2D eigenvalue weighted by Gasteiger charge is 2.01. The summed E-state index contributed by atoms with van der Waals surface area (Å²) in [4.78, 5) is 23.4. The topological polar surface area (TPSA) is 58.2 Å². The minimum absolute atomic E-state index is 0.386. The van der Waals surface area contributed by atoms with Gasteiger partial charge in [0.2, 0.25) is 11.8 Å². The lowest BCUT2D eigenvalue weighted by molar-refractivity contribution is -0.114. The van der Waals surface area contributed by atoms with Crippen molar-refractivity contribution in [2.24, 2.45) is 0 Å². The molecule has 0 heterocycles. The van der Waals surface area contributed by atoms with E-state index in [1.54, 1.807) is 36.4 Å². The van der Waals surface area contributed by atoms with Gasteiger partial charge in [0.25, 0.3) is 0 Å². The summed E-state index contributed by atoms with van der Waals surface area (Å²) in [6.45, 7) is 0. The van der Waals surface area contributed by atoms with Gasteiger partial charge in [0.15, 0.2) is 0 Å². The van der Waals surface area contributed by atoms with E-state index in [1.807, 2.05) is 12.1 Å². The number of rotatable bonds is 4. The number of carbonyl (C=O) groups is 2. The molecule has 0 saturated heterocycles. The molecule has 0 atom stereocenters. The Morgan fingerprint density at radius 3 is 2.09 bits per heavy atom. The van der Waals surface area contributed by atoms with E-state index in [2.05, 4.69) is 26.6 Å². The van der Waals surface area contributed by atoms with Gasteiger partial charge in [-0.3, -0.25) is 9.59 Å². The van der Waals surface area contributed by atoms with Crippen molar-refractivity contribution in [2.45, 2.75) is 0 Å². The van der Waals surface area contributed by atoms with Crippen LogP contribution in [-0.4, -0.2) is 11.8 Å². The third kappa shape index (κ3) is 5.35. The maximum absolute atomic E-state index is 11.7. The molecule has 2 rings (SSSR count). The van der Waals surface area contributed by atoms with Crippen molar-refractivity contribution < 1.29 is 9.59 Å². The second kappa shape index (κ2) is 7.77. The Bertz CT molecular complexity index is 714. The average Bonchev–Trinajstić information content (AvgIpc) is 2.48. The summed E-state index contributed by atoms with van der Waals surface area (Å²) in [5.74, 6) is -0.795. The Balaban J connectivity index is 1.89. The number of amides is 2. The van der Waals surface area contributed by atoms with Crippen molar-refractivity contribution in [3.05, 3.63) is 70.2 Å². The number of nitrogens with one attached hydrogen (secondary N) is 2. The fraction of sp³-hybridized carbons (Fsp3) is 0. The number of anilines is 2. The second-order valence-electron chi connectivity index (χ2n) is 4.33. The van der Waals surface area contributed by atoms with E-state index in [0.717, 1.165) is 10.5 Å². The normalized spacial score (nSPS) is 10.5. The van der Waals surface area contributed by atoms with Crippen LogP contribution in [0.4, 0.5) is 11.4 Å². The summed E-state index contributed by atoms with van der Waals surface area (Å²) in [7, 11) is 0. The van der Waals surface area contributed by atoms with Crippen LogP contribution >= 0.6 is 27.5 Å². The predicted octanol–water partition coefficient (Wildman–Crippen LogP) is 4.24. The van der Waals surface area contributed by atoms with Crippen LogP contribution in [0.3, 0.4) is 0 Å². The van der Waals surface area contributed by atoms with Gasteiger partial charge in [0.1, 0.15) is 0 Å². The Hall–Kier alpha value is -2.11. The molecule has 2 aromatic rings. The van der Waals surface area contributed by atoms with Gasteiger partial charge >= 0.3 is 0 Å². The molecular formula is C16H12BrClN2O2. The summed E-state index contributed by atoms with van der Waals surface area (Å²) < 4.78 is 0.918. The van der Waals surface area contributed by atoms with E-state index < -0.39 is 5.91 Å². The van der Waals surface area contributed by atoms with Crippen molar-refractivity contribution in [1.29, 1.82) is 0 Å². The molecule has 0 aromatic heterocycles. The largest absolute Gasteiger partial charge is 0.323 e. The molecule has 0 bridgehead atoms. The summed E-state index contributed by atoms with van der Waals surface area (Å²) in [5, 5.41) is 5.79. The maximum atomic E-state index is 11.7. The van der Waals surface area contributed by atoms with Crippen LogP contribution in [0.5, 0.6) is 0 Å². The Morgan fingerprint density at radius 1 is 0.909 bits per heavy atom. The molecule has 2 N–H and O–H groups in total. The van der Waals surface area contributed by atoms with E-state index in [1.165, 1.54) is 6.08 Å². The Labute approximate surface area is 141 Å². The molecule has 22 heavy (non-hydrogen) atoms. The van der Waals surface area contributed by atoms with E-state index in [9.17, 15) is 9.59 Å². The lowest BCUT2D eigenvalue weighted by Crippen LogP contribution is -2.12. The lowest BCUT2D eigenvalue weighted by Gasteiger charge is -2.03. The number of hydrogen-bond acceptors (Lipinski definition) is 2. The van der Waals surface area contributed by atoms with E-state index in [0.29, 0.717) is 16.4 Å². The first kappa shape index (κ1) is 16.3. The lowest BCUT2D eigenvalue weighted by atomic mass is 10.3. The SMILES string of the molecule is O=C(/C=C\C(=O)Nc1cccc(Cl)c1)Nc1ccc(Br)cc1. The van der Waals surface area contributed by atoms with Gasteiger partial charge in [0.05, 0.1) is 0 Å². The maximum Gasteiger partial charge on any atom is 0.248 e. The molecule has 0 unspecified atom stereocenters. The third-order valence-electron chi connectivity index (χ3n) is 2.59. The molecule has 0 radical (unpaired) electrons. The minimum atomic E-state index is -0.409. The molecule has 2 amide bonds. The fourth-order valence-electron chi connectivity index (χ4n) is 1.62. The van der Waals surface area contributed by atoms with E-state index in [4.69, 9.17) is 11.6 Å². The van der Waals surface area contributed by atoms with Crippen molar-refractivity contribution in [3.8, 4) is 0 Å². The number of hydrogen-bond donors (Lipinski definition) is 2. The second-order valence-corrected chi connectivity index (χ2v) is 5.68. The quantitative estimate of drug-likeness (QED) is 0.781. The average molecular weight is 380 g/mol. The molecular weight excluding hydrogens is 368 g/mol. The van der Waals surface area contributed by atoms with Crippen molar-refractivity contribution in [1.82, 2.24) is 0 Å². The van der Waals surface area contributed by atoms with Crippen LogP contribution < -0.4 is 10.6 Å². The zero-order valence-electron chi connectivity index (χ0n) is 11.3. The minimum Gasteiger partial charge on any atom is -0.323 e. The molecule has 4 nitrogen and oxygen atoms in total. The van der Waals surface area contributed by atoms with Crippen LogP contribution in [0.1, 0.15) is 0 Å². The van der Waals surface area contributed by atoms with Crippen LogP contribution in [-0.2, 0) is 9.59 Å². The molecule has 0 aliphatic carbocycles. The smallest absolute Gasteiger partial charge is 0.248 e. The van der Waals surface area contributed by atoms with Crippen molar-refractivity contribution in [3.63, 3.8) is 0 Å². The van der Waals surface area contributed by atoms with Gasteiger partial charge in [-0.25, -0.2) is 0 Å². The Morgan fingerprint density at radius 2 is 1.50 bits per heavy atom. The zero-order valence-corrected chi connectivity index (χ0v) is 13.7. The molecule has 0 saturated carbocycles. The van der Waals surface area contributed by atoms with Gasteiger partial charge in [0, 0.05) is 33.0 Å². The standard InChI is InChI=1S/C16H12BrClN2O2/c17-11-4-6-13(7-5-11)19-15(21)8-9-16(22)20-14-3-1-2-12(18)10-14/h1-10H,(H,19,21)(H,20,22)/b9-8-. The molecule has 0 spiro atoms. The highest BCUT2D eigenvalue weighted by molar-refractivity contribution is 9.10. The fourth-order valence-corrected chi connectivity index (χ4v) is 2.07. The highest BCUT2D eigenvalue weighted by atomic mass is 79.9. The number of halogens is 2. The van der Waals surface area contributed by atoms with Crippen LogP contribution in [0.15, 0.2) is 65.2 Å². The molecule has 6 heteroatoms. The van der Waals surface area contributed by atoms with Gasteiger partial charge in [-0.2, -0.15) is 0 Å². The molecule has 112 valence electrons. The molecule has 0 fully saturated rings. The van der Waals surface area contributed by atoms with Crippen LogP contribution in [0.25, 0.3) is 0 Å². The van der Waals surface area contributed by atoms with Gasteiger partial charge in [-0.1, -0.05) is 33.6 Å². The summed E-state index contributed by atoms with van der Waals surface area (Å²) in [6, 6.07) is 13.9. The van der Waals surface area contributed by atoms with E-state index in [-0.39, 0.29) is 5.91 Å². The molecule has 0 aliphatic rings. The first-order valence-electron chi connectivity index (χ1n) is 6.34. The van der Waals surface area contributed by atoms with Crippen LogP contribution in [0.2, 0.25) is 5.02 Å². The van der Waals surface area contributed by atoms with Crippen LogP contribution in [0, 0.1) is 0 Å². The van der Waals surface area contributed by atoms with Crippen molar-refractivity contribution >= 4 is 50.7 Å². The zero-order chi connectivity index (χ0) is 15.9. The van der Waals surface area contributed by atoms with Crippen molar-refractivity contribution in [2.75, 3.05) is 10.6 Å². The van der Waals surface area contributed by atoms with E-state index >= 15 is 0 Å². The molecule has 2 aromatic carbocycles. The third-order valence-corrected chi connectivity index (χ3v) is 3.35. The number of benzene rings is 2. The summed E-state index contributed by atoms with van der Waals surface area (Å²) >= 11 is 9.13. The number of carbonyl (C=O) groups excluding carboxylic acids is 2. The Kier molecular flexibility index (Phi) is 5.75. The molecule has 0 aliphatic heterocycles. The predicted molar refractivity (Wildman–Crippen MR) is 92.0 cm³/mol. The van der Waals surface area contributed by atoms with Gasteiger partial charge < -0.3 is 10.6 Å². The first-order valence-corrected chi connectivity index (χ1v) is 7.51. The summed E-state index contributed by atoms with van der Waals surface area (Å²) in [5.41, 5.74) is 1.21.